The molecule has 1 unspecified atom stereocenters. The van der Waals surface area contributed by atoms with E-state index in [2.05, 4.69) is 4.98 Å². The molecule has 3 atom stereocenters. The minimum absolute atomic E-state index is 0.250. The summed E-state index contributed by atoms with van der Waals surface area (Å²) in [6.45, 7) is 6.95. The van der Waals surface area contributed by atoms with Gasteiger partial charge >= 0.3 is 18.0 Å². The molecule has 0 saturated carbocycles. The maximum Gasteiger partial charge on any atom is 0.412 e. The predicted molar refractivity (Wildman–Crippen MR) is 118 cm³/mol. The first kappa shape index (κ1) is 26.1. The van der Waals surface area contributed by atoms with Gasteiger partial charge < -0.3 is 24.0 Å². The van der Waals surface area contributed by atoms with Crippen LogP contribution in [-0.2, 0) is 35.0 Å². The van der Waals surface area contributed by atoms with Crippen LogP contribution in [0.2, 0.25) is 0 Å². The number of hydrogen-bond acceptors (Lipinski definition) is 8. The van der Waals surface area contributed by atoms with Crippen LogP contribution in [0, 0.1) is 5.92 Å². The molecule has 1 aliphatic heterocycles. The predicted octanol–water partition coefficient (Wildman–Crippen LogP) is 2.16. The first-order chi connectivity index (χ1) is 15.6. The van der Waals surface area contributed by atoms with Crippen molar-refractivity contribution < 1.29 is 33.4 Å². The number of rotatable bonds is 9. The average Bonchev–Trinajstić information content (AvgIpc) is 3.25. The van der Waals surface area contributed by atoms with Crippen molar-refractivity contribution in [3.63, 3.8) is 0 Å². The number of amides is 2. The molecule has 2 heterocycles. The molecule has 0 N–H and O–H groups in total. The molecule has 2 amide bonds. The Morgan fingerprint density at radius 2 is 1.88 bits per heavy atom. The second-order valence-electron chi connectivity index (χ2n) is 8.34. The highest BCUT2D eigenvalue weighted by atomic mass is 16.7. The molecule has 1 aliphatic rings. The van der Waals surface area contributed by atoms with E-state index >= 15 is 0 Å². The lowest BCUT2D eigenvalue weighted by Gasteiger charge is -2.29. The van der Waals surface area contributed by atoms with Gasteiger partial charge in [0.1, 0.15) is 6.04 Å². The van der Waals surface area contributed by atoms with Gasteiger partial charge in [-0.15, -0.1) is 0 Å². The van der Waals surface area contributed by atoms with Crippen molar-refractivity contribution in [2.45, 2.75) is 65.4 Å². The molecule has 10 nitrogen and oxygen atoms in total. The number of hydrogen-bond donors (Lipinski definition) is 0. The van der Waals surface area contributed by atoms with Crippen LogP contribution in [0.3, 0.4) is 0 Å². The summed E-state index contributed by atoms with van der Waals surface area (Å²) in [7, 11) is 1.58. The molecule has 0 spiro atoms. The summed E-state index contributed by atoms with van der Waals surface area (Å²) in [5.74, 6) is -1.91. The van der Waals surface area contributed by atoms with Crippen molar-refractivity contribution in [1.82, 2.24) is 14.8 Å². The van der Waals surface area contributed by atoms with Crippen molar-refractivity contribution in [3.05, 3.63) is 30.1 Å². The summed E-state index contributed by atoms with van der Waals surface area (Å²) in [6, 6.07) is 4.73. The topological polar surface area (TPSA) is 115 Å². The Morgan fingerprint density at radius 3 is 2.48 bits per heavy atom. The van der Waals surface area contributed by atoms with Crippen LogP contribution in [0.25, 0.3) is 0 Å². The van der Waals surface area contributed by atoms with Gasteiger partial charge in [-0.1, -0.05) is 19.9 Å². The van der Waals surface area contributed by atoms with Gasteiger partial charge in [-0.25, -0.2) is 9.59 Å². The van der Waals surface area contributed by atoms with Gasteiger partial charge in [-0.3, -0.25) is 14.6 Å². The van der Waals surface area contributed by atoms with E-state index in [0.29, 0.717) is 32.4 Å². The maximum absolute atomic E-state index is 12.9. The summed E-state index contributed by atoms with van der Waals surface area (Å²) >= 11 is 0. The smallest absolute Gasteiger partial charge is 0.412 e. The zero-order valence-electron chi connectivity index (χ0n) is 19.9. The van der Waals surface area contributed by atoms with Crippen molar-refractivity contribution in [3.8, 4) is 0 Å². The number of pyridine rings is 1. The number of nitrogens with zero attached hydrogens (tertiary/aromatic N) is 3. The Hall–Kier alpha value is -3.17. The van der Waals surface area contributed by atoms with Gasteiger partial charge in [0.25, 0.3) is 5.91 Å². The molecular formula is C23H33N3O7. The first-order valence-electron chi connectivity index (χ1n) is 11.1. The van der Waals surface area contributed by atoms with Gasteiger partial charge in [0.05, 0.1) is 0 Å². The van der Waals surface area contributed by atoms with Crippen molar-refractivity contribution in [1.29, 1.82) is 0 Å². The normalized spacial score (nSPS) is 17.3. The number of carbonyl (C=O) groups is 4. The standard InChI is InChI=1S/C23H33N3O7/c1-15(2)20(31-16(3)27)21(28)26-13-8-10-19(26)22(29)32-17(4)33-23(30)25(5)14-11-18-9-6-7-12-24-18/h6-7,9,12,15,17,19-20H,8,10-11,13-14H2,1-5H3/t17?,19-,20+/m0/s1. The van der Waals surface area contributed by atoms with Crippen molar-refractivity contribution in [2.24, 2.45) is 5.92 Å². The Labute approximate surface area is 194 Å². The van der Waals surface area contributed by atoms with E-state index in [-0.39, 0.29) is 5.92 Å². The Bertz CT molecular complexity index is 831. The van der Waals surface area contributed by atoms with E-state index in [9.17, 15) is 19.2 Å². The minimum Gasteiger partial charge on any atom is -0.452 e. The number of likely N-dealkylation sites (tertiary alicyclic amines) is 1. The molecule has 0 bridgehead atoms. The van der Waals surface area contributed by atoms with Gasteiger partial charge in [0.15, 0.2) is 6.10 Å². The third kappa shape index (κ3) is 7.73. The molecule has 1 aromatic rings. The number of aromatic nitrogens is 1. The van der Waals surface area contributed by atoms with E-state index in [4.69, 9.17) is 14.2 Å². The molecule has 0 aromatic carbocycles. The molecule has 0 radical (unpaired) electrons. The molecule has 1 aromatic heterocycles. The van der Waals surface area contributed by atoms with E-state index in [1.807, 2.05) is 18.2 Å². The van der Waals surface area contributed by atoms with Crippen LogP contribution in [0.1, 0.15) is 46.2 Å². The quantitative estimate of drug-likeness (QED) is 0.404. The van der Waals surface area contributed by atoms with Gasteiger partial charge in [0, 0.05) is 52.3 Å². The lowest BCUT2D eigenvalue weighted by atomic mass is 10.1. The summed E-state index contributed by atoms with van der Waals surface area (Å²) in [6.07, 6.45) is 0.524. The van der Waals surface area contributed by atoms with Crippen LogP contribution in [0.15, 0.2) is 24.4 Å². The SMILES string of the molecule is CC(=O)O[C@@H](C(=O)N1CCC[C@H]1C(=O)OC(C)OC(=O)N(C)CCc1ccccn1)C(C)C. The summed E-state index contributed by atoms with van der Waals surface area (Å²) < 4.78 is 15.7. The highest BCUT2D eigenvalue weighted by molar-refractivity contribution is 5.89. The molecule has 10 heteroatoms. The molecule has 0 aliphatic carbocycles. The van der Waals surface area contributed by atoms with E-state index in [1.165, 1.54) is 23.6 Å². The highest BCUT2D eigenvalue weighted by Crippen LogP contribution is 2.23. The average molecular weight is 464 g/mol. The maximum atomic E-state index is 12.9. The fraction of sp³-hybridized carbons (Fsp3) is 0.609. The Balaban J connectivity index is 1.88. The highest BCUT2D eigenvalue weighted by Gasteiger charge is 2.40. The molecular weight excluding hydrogens is 430 g/mol. The van der Waals surface area contributed by atoms with Gasteiger partial charge in [-0.05, 0) is 30.9 Å². The second kappa shape index (κ2) is 12.2. The molecule has 1 fully saturated rings. The summed E-state index contributed by atoms with van der Waals surface area (Å²) in [5, 5.41) is 0. The lowest BCUT2D eigenvalue weighted by molar-refractivity contribution is -0.175. The fourth-order valence-electron chi connectivity index (χ4n) is 3.51. The molecule has 182 valence electrons. The van der Waals surface area contributed by atoms with Crippen molar-refractivity contribution in [2.75, 3.05) is 20.1 Å². The summed E-state index contributed by atoms with van der Waals surface area (Å²) in [5.41, 5.74) is 0.844. The zero-order chi connectivity index (χ0) is 24.5. The van der Waals surface area contributed by atoms with Gasteiger partial charge in [0.2, 0.25) is 6.29 Å². The Morgan fingerprint density at radius 1 is 1.15 bits per heavy atom. The summed E-state index contributed by atoms with van der Waals surface area (Å²) in [4.78, 5) is 56.3. The van der Waals surface area contributed by atoms with Crippen LogP contribution in [-0.4, -0.2) is 77.3 Å². The monoisotopic (exact) mass is 463 g/mol. The second-order valence-corrected chi connectivity index (χ2v) is 8.34. The van der Waals surface area contributed by atoms with Gasteiger partial charge in [-0.2, -0.15) is 0 Å². The fourth-order valence-corrected chi connectivity index (χ4v) is 3.51. The van der Waals surface area contributed by atoms with Crippen LogP contribution >= 0.6 is 0 Å². The van der Waals surface area contributed by atoms with E-state index in [0.717, 1.165) is 5.69 Å². The Kier molecular flexibility index (Phi) is 9.62. The zero-order valence-corrected chi connectivity index (χ0v) is 19.9. The largest absolute Gasteiger partial charge is 0.452 e. The first-order valence-corrected chi connectivity index (χ1v) is 11.1. The van der Waals surface area contributed by atoms with Crippen LogP contribution in [0.5, 0.6) is 0 Å². The van der Waals surface area contributed by atoms with Crippen molar-refractivity contribution >= 4 is 23.9 Å². The van der Waals surface area contributed by atoms with E-state index < -0.39 is 42.4 Å². The number of ether oxygens (including phenoxy) is 3. The molecule has 1 saturated heterocycles. The van der Waals surface area contributed by atoms with E-state index in [1.54, 1.807) is 27.1 Å². The van der Waals surface area contributed by atoms with Crippen LogP contribution < -0.4 is 0 Å². The molecule has 2 rings (SSSR count). The molecule has 33 heavy (non-hydrogen) atoms. The number of carbonyl (C=O) groups excluding carboxylic acids is 4. The lowest BCUT2D eigenvalue weighted by Crippen LogP contribution is -2.49. The van der Waals surface area contributed by atoms with Crippen LogP contribution in [0.4, 0.5) is 4.79 Å². The number of esters is 2. The third-order valence-electron chi connectivity index (χ3n) is 5.24. The minimum atomic E-state index is -1.13. The number of likely N-dealkylation sites (N-methyl/N-ethyl adjacent to an activating group) is 1. The third-order valence-corrected chi connectivity index (χ3v) is 5.24.